The van der Waals surface area contributed by atoms with Crippen molar-refractivity contribution < 1.29 is 4.39 Å². The minimum atomic E-state index is -0.277. The number of imidazole rings is 1. The lowest BCUT2D eigenvalue weighted by atomic mass is 10.1. The van der Waals surface area contributed by atoms with Gasteiger partial charge in [0.15, 0.2) is 5.65 Å². The van der Waals surface area contributed by atoms with Crippen molar-refractivity contribution in [3.8, 4) is 22.5 Å². The Labute approximate surface area is 178 Å². The molecule has 3 aromatic heterocycles. The largest absolute Gasteiger partial charge is 0.371 e. The average Bonchev–Trinajstić information content (AvgIpc) is 3.43. The van der Waals surface area contributed by atoms with Crippen LogP contribution in [0.15, 0.2) is 67.1 Å². The van der Waals surface area contributed by atoms with Gasteiger partial charge in [0.25, 0.3) is 0 Å². The van der Waals surface area contributed by atoms with E-state index in [2.05, 4.69) is 32.3 Å². The fourth-order valence-corrected chi connectivity index (χ4v) is 4.43. The first kappa shape index (κ1) is 18.0. The summed E-state index contributed by atoms with van der Waals surface area (Å²) < 4.78 is 15.4. The fourth-order valence-electron chi connectivity index (χ4n) is 4.43. The maximum atomic E-state index is 13.5. The molecule has 1 aromatic carbocycles. The van der Waals surface area contributed by atoms with Crippen LogP contribution < -0.4 is 4.90 Å². The van der Waals surface area contributed by atoms with Crippen LogP contribution in [0.1, 0.15) is 6.42 Å². The van der Waals surface area contributed by atoms with Gasteiger partial charge in [0.2, 0.25) is 0 Å². The highest BCUT2D eigenvalue weighted by Gasteiger charge is 2.28. The molecule has 6 rings (SSSR count). The first-order chi connectivity index (χ1) is 15.3. The Morgan fingerprint density at radius 3 is 2.68 bits per heavy atom. The summed E-state index contributed by atoms with van der Waals surface area (Å²) in [4.78, 5) is 9.56. The second-order valence-corrected chi connectivity index (χ2v) is 7.87. The summed E-state index contributed by atoms with van der Waals surface area (Å²) in [6, 6.07) is 12.8. The number of aromatic nitrogens is 5. The van der Waals surface area contributed by atoms with Gasteiger partial charge in [0.05, 0.1) is 18.1 Å². The summed E-state index contributed by atoms with van der Waals surface area (Å²) in [5, 5.41) is 12.9. The van der Waals surface area contributed by atoms with Crippen molar-refractivity contribution in [3.05, 3.63) is 73.0 Å². The van der Waals surface area contributed by atoms with E-state index in [1.54, 1.807) is 24.5 Å². The first-order valence-electron chi connectivity index (χ1n) is 10.4. The Bertz CT molecular complexity index is 1270. The first-order valence-corrected chi connectivity index (χ1v) is 10.4. The molecule has 2 aliphatic heterocycles. The van der Waals surface area contributed by atoms with Crippen LogP contribution in [0.5, 0.6) is 0 Å². The topological polar surface area (TPSA) is 62.5 Å². The molecule has 31 heavy (non-hydrogen) atoms. The van der Waals surface area contributed by atoms with Crippen LogP contribution in [0.4, 0.5) is 10.2 Å². The molecule has 8 heteroatoms. The van der Waals surface area contributed by atoms with Gasteiger partial charge in [-0.1, -0.05) is 6.08 Å². The van der Waals surface area contributed by atoms with E-state index >= 15 is 0 Å². The molecule has 7 nitrogen and oxygen atoms in total. The summed E-state index contributed by atoms with van der Waals surface area (Å²) >= 11 is 0. The van der Waals surface area contributed by atoms with E-state index in [-0.39, 0.29) is 5.82 Å². The lowest BCUT2D eigenvalue weighted by Crippen LogP contribution is -2.49. The van der Waals surface area contributed by atoms with Crippen LogP contribution in [0.3, 0.4) is 0 Å². The number of anilines is 1. The summed E-state index contributed by atoms with van der Waals surface area (Å²) in [6.45, 7) is 2.86. The predicted octanol–water partition coefficient (Wildman–Crippen LogP) is 3.40. The molecule has 1 fully saturated rings. The van der Waals surface area contributed by atoms with Crippen molar-refractivity contribution in [1.29, 1.82) is 0 Å². The molecule has 0 saturated carbocycles. The van der Waals surface area contributed by atoms with E-state index in [0.29, 0.717) is 6.04 Å². The molecule has 1 unspecified atom stereocenters. The lowest BCUT2D eigenvalue weighted by Gasteiger charge is -2.38. The summed E-state index contributed by atoms with van der Waals surface area (Å²) in [5.41, 5.74) is 3.97. The quantitative estimate of drug-likeness (QED) is 0.513. The van der Waals surface area contributed by atoms with E-state index < -0.39 is 0 Å². The number of halogens is 1. The van der Waals surface area contributed by atoms with Crippen LogP contribution in [-0.4, -0.2) is 55.4 Å². The number of hydrogen-bond acceptors (Lipinski definition) is 6. The highest BCUT2D eigenvalue weighted by molar-refractivity contribution is 5.81. The molecule has 1 atom stereocenters. The van der Waals surface area contributed by atoms with E-state index in [1.807, 2.05) is 22.7 Å². The molecule has 5 heterocycles. The Morgan fingerprint density at radius 1 is 0.935 bits per heavy atom. The van der Waals surface area contributed by atoms with Crippen LogP contribution in [0, 0.1) is 5.82 Å². The smallest absolute Gasteiger partial charge is 0.155 e. The van der Waals surface area contributed by atoms with Gasteiger partial charge < -0.3 is 9.80 Å². The molecular formula is C23H20FN7. The molecule has 1 saturated heterocycles. The molecule has 154 valence electrons. The zero-order valence-corrected chi connectivity index (χ0v) is 16.8. The van der Waals surface area contributed by atoms with Gasteiger partial charge in [-0.05, 0) is 55.1 Å². The maximum absolute atomic E-state index is 13.5. The molecule has 0 radical (unpaired) electrons. The maximum Gasteiger partial charge on any atom is 0.155 e. The van der Waals surface area contributed by atoms with E-state index in [4.69, 9.17) is 10.1 Å². The van der Waals surface area contributed by atoms with Gasteiger partial charge in [-0.2, -0.15) is 10.2 Å². The van der Waals surface area contributed by atoms with Crippen molar-refractivity contribution in [1.82, 2.24) is 29.7 Å². The molecule has 0 N–H and O–H groups in total. The van der Waals surface area contributed by atoms with Crippen LogP contribution in [0.2, 0.25) is 0 Å². The number of rotatable bonds is 3. The summed E-state index contributed by atoms with van der Waals surface area (Å²) in [6.07, 6.45) is 8.88. The SMILES string of the molecule is Fc1ccc(-c2nc3ccc(N4CCN5C=CCC5C4)nn3c2-c2ccnnc2)cc1. The molecule has 0 bridgehead atoms. The zero-order valence-electron chi connectivity index (χ0n) is 16.8. The van der Waals surface area contributed by atoms with Crippen molar-refractivity contribution in [3.63, 3.8) is 0 Å². The molecule has 0 spiro atoms. The van der Waals surface area contributed by atoms with Gasteiger partial charge in [0.1, 0.15) is 17.3 Å². The predicted molar refractivity (Wildman–Crippen MR) is 116 cm³/mol. The zero-order chi connectivity index (χ0) is 20.8. The third-order valence-corrected chi connectivity index (χ3v) is 6.00. The normalized spacial score (nSPS) is 18.0. The fraction of sp³-hybridized carbons (Fsp3) is 0.217. The third-order valence-electron chi connectivity index (χ3n) is 6.00. The van der Waals surface area contributed by atoms with Gasteiger partial charge in [0, 0.05) is 36.8 Å². The second kappa shape index (κ2) is 7.16. The van der Waals surface area contributed by atoms with Crippen molar-refractivity contribution >= 4 is 11.5 Å². The Morgan fingerprint density at radius 2 is 1.84 bits per heavy atom. The van der Waals surface area contributed by atoms with E-state index in [1.165, 1.54) is 12.1 Å². The third kappa shape index (κ3) is 3.11. The summed E-state index contributed by atoms with van der Waals surface area (Å²) in [5.74, 6) is 0.644. The number of piperazine rings is 1. The summed E-state index contributed by atoms with van der Waals surface area (Å²) in [7, 11) is 0. The number of fused-ring (bicyclic) bond motifs is 2. The van der Waals surface area contributed by atoms with Crippen LogP contribution in [0.25, 0.3) is 28.2 Å². The standard InChI is InChI=1S/C23H20FN7/c24-18-5-3-16(4-6-18)22-23(17-9-10-25-26-14-17)31-20(27-22)7-8-21(28-31)30-13-12-29-11-1-2-19(29)15-30/h1,3-11,14,19H,2,12-13,15H2. The average molecular weight is 413 g/mol. The van der Waals surface area contributed by atoms with Crippen molar-refractivity contribution in [2.24, 2.45) is 0 Å². The Balaban J connectivity index is 1.48. The van der Waals surface area contributed by atoms with E-state index in [9.17, 15) is 4.39 Å². The molecule has 4 aromatic rings. The monoisotopic (exact) mass is 413 g/mol. The molecular weight excluding hydrogens is 393 g/mol. The number of benzene rings is 1. The lowest BCUT2D eigenvalue weighted by molar-refractivity contribution is 0.270. The molecule has 2 aliphatic rings. The minimum absolute atomic E-state index is 0.277. The van der Waals surface area contributed by atoms with E-state index in [0.717, 1.165) is 60.0 Å². The van der Waals surface area contributed by atoms with Crippen molar-refractivity contribution in [2.75, 3.05) is 24.5 Å². The Kier molecular flexibility index (Phi) is 4.15. The minimum Gasteiger partial charge on any atom is -0.371 e. The van der Waals surface area contributed by atoms with Crippen molar-refractivity contribution in [2.45, 2.75) is 12.5 Å². The highest BCUT2D eigenvalue weighted by atomic mass is 19.1. The molecule has 0 aliphatic carbocycles. The molecule has 0 amide bonds. The van der Waals surface area contributed by atoms with Crippen LogP contribution in [-0.2, 0) is 0 Å². The number of nitrogens with zero attached hydrogens (tertiary/aromatic N) is 7. The highest BCUT2D eigenvalue weighted by Crippen LogP contribution is 2.33. The van der Waals surface area contributed by atoms with Gasteiger partial charge in [-0.15, -0.1) is 5.10 Å². The van der Waals surface area contributed by atoms with Gasteiger partial charge in [-0.3, -0.25) is 0 Å². The second-order valence-electron chi connectivity index (χ2n) is 7.87. The Hall–Kier alpha value is -3.81. The number of hydrogen-bond donors (Lipinski definition) is 0. The van der Waals surface area contributed by atoms with Gasteiger partial charge in [-0.25, -0.2) is 13.9 Å². The van der Waals surface area contributed by atoms with Gasteiger partial charge >= 0.3 is 0 Å². The van der Waals surface area contributed by atoms with Crippen LogP contribution >= 0.6 is 0 Å².